The highest BCUT2D eigenvalue weighted by atomic mass is 19.4. The van der Waals surface area contributed by atoms with Crippen LogP contribution < -0.4 is 10.6 Å². The number of carboxylic acid groups (broad SMARTS) is 5. The molecular formula is C47H54F16N6O11. The Hall–Kier alpha value is -6.84. The number of benzene rings is 3. The molecule has 1 atom stereocenters. The third kappa shape index (κ3) is 29.4. The van der Waals surface area contributed by atoms with E-state index in [1.165, 1.54) is 50.7 Å². The summed E-state index contributed by atoms with van der Waals surface area (Å²) >= 11 is 0. The smallest absolute Gasteiger partial charge is 0.475 e. The van der Waals surface area contributed by atoms with Gasteiger partial charge in [-0.15, -0.1) is 0 Å². The van der Waals surface area contributed by atoms with Gasteiger partial charge in [0, 0.05) is 95.7 Å². The minimum atomic E-state index is -5.08. The molecule has 0 aliphatic carbocycles. The molecule has 3 aromatic carbocycles. The maximum atomic E-state index is 15.0. The number of nitrogens with one attached hydrogen (secondary N) is 2. The van der Waals surface area contributed by atoms with Crippen LogP contribution in [0.2, 0.25) is 0 Å². The number of carboxylic acids is 5. The first-order chi connectivity index (χ1) is 36.7. The summed E-state index contributed by atoms with van der Waals surface area (Å²) in [7, 11) is 0. The van der Waals surface area contributed by atoms with E-state index in [0.717, 1.165) is 75.6 Å². The second-order valence-corrected chi connectivity index (χ2v) is 17.2. The zero-order chi connectivity index (χ0) is 61.4. The summed E-state index contributed by atoms with van der Waals surface area (Å²) in [6.45, 7) is 16.5. The number of carbonyl (C=O) groups is 6. The van der Waals surface area contributed by atoms with E-state index in [2.05, 4.69) is 55.4 Å². The molecule has 33 heteroatoms. The molecule has 0 spiro atoms. The van der Waals surface area contributed by atoms with Crippen molar-refractivity contribution in [2.45, 2.75) is 76.3 Å². The highest BCUT2D eigenvalue weighted by molar-refractivity contribution is 5.94. The van der Waals surface area contributed by atoms with E-state index >= 15 is 4.39 Å². The molecule has 0 aromatic heterocycles. The second kappa shape index (κ2) is 32.4. The number of halogens is 16. The molecule has 0 unspecified atom stereocenters. The Morgan fingerprint density at radius 3 is 1.35 bits per heavy atom. The lowest BCUT2D eigenvalue weighted by Crippen LogP contribution is -2.48. The predicted octanol–water partition coefficient (Wildman–Crippen LogP) is 7.60. The second-order valence-electron chi connectivity index (χ2n) is 17.2. The van der Waals surface area contributed by atoms with Crippen LogP contribution in [-0.2, 0) is 43.6 Å². The van der Waals surface area contributed by atoms with Crippen molar-refractivity contribution in [2.75, 3.05) is 72.0 Å². The van der Waals surface area contributed by atoms with Gasteiger partial charge in [0.15, 0.2) is 0 Å². The molecule has 3 aliphatic heterocycles. The van der Waals surface area contributed by atoms with Crippen molar-refractivity contribution in [3.05, 3.63) is 94.8 Å². The van der Waals surface area contributed by atoms with Gasteiger partial charge in [0.2, 0.25) is 0 Å². The summed E-state index contributed by atoms with van der Waals surface area (Å²) in [5.74, 6) is -14.1. The third-order valence-electron chi connectivity index (χ3n) is 10.8. The van der Waals surface area contributed by atoms with Crippen LogP contribution in [0.25, 0.3) is 11.1 Å². The van der Waals surface area contributed by atoms with E-state index in [0.29, 0.717) is 23.7 Å². The monoisotopic (exact) mass is 1180 g/mol. The molecule has 3 heterocycles. The molecule has 0 radical (unpaired) electrons. The lowest BCUT2D eigenvalue weighted by Gasteiger charge is -2.35. The average molecular weight is 1180 g/mol. The van der Waals surface area contributed by atoms with Gasteiger partial charge in [0.25, 0.3) is 5.91 Å². The number of hydrogen-bond acceptors (Lipinski definition) is 11. The van der Waals surface area contributed by atoms with E-state index in [1.807, 2.05) is 36.4 Å². The van der Waals surface area contributed by atoms with Crippen molar-refractivity contribution in [1.29, 1.82) is 0 Å². The largest absolute Gasteiger partial charge is 0.490 e. The van der Waals surface area contributed by atoms with Gasteiger partial charge in [-0.3, -0.25) is 19.5 Å². The molecule has 17 nitrogen and oxygen atoms in total. The van der Waals surface area contributed by atoms with Crippen molar-refractivity contribution in [1.82, 2.24) is 30.2 Å². The van der Waals surface area contributed by atoms with Crippen molar-refractivity contribution < 1.29 is 125 Å². The fraction of sp³-hybridized carbons (Fsp3) is 0.489. The van der Waals surface area contributed by atoms with E-state index < -0.39 is 60.7 Å². The Bertz CT molecular complexity index is 2320. The number of hydrogen-bond donors (Lipinski definition) is 7. The highest BCUT2D eigenvalue weighted by Gasteiger charge is 2.40. The van der Waals surface area contributed by atoms with Crippen LogP contribution in [0.3, 0.4) is 0 Å². The molecule has 3 saturated heterocycles. The molecule has 450 valence electrons. The number of piperazine rings is 2. The predicted molar refractivity (Wildman–Crippen MR) is 248 cm³/mol. The zero-order valence-electron chi connectivity index (χ0n) is 41.8. The molecule has 6 rings (SSSR count). The van der Waals surface area contributed by atoms with Gasteiger partial charge >= 0.3 is 60.7 Å². The van der Waals surface area contributed by atoms with Gasteiger partial charge in [0.1, 0.15) is 5.82 Å². The number of nitrogens with zero attached hydrogens (tertiary/aromatic N) is 4. The van der Waals surface area contributed by atoms with Crippen LogP contribution in [0, 0.1) is 5.82 Å². The number of carbonyl (C=O) groups excluding carboxylic acids is 1. The summed E-state index contributed by atoms with van der Waals surface area (Å²) in [4.78, 5) is 67.7. The van der Waals surface area contributed by atoms with Crippen LogP contribution in [-0.4, -0.2) is 190 Å². The number of aliphatic carboxylic acids is 5. The maximum Gasteiger partial charge on any atom is 0.490 e. The van der Waals surface area contributed by atoms with Gasteiger partial charge in [0.05, 0.1) is 0 Å². The molecule has 3 aliphatic rings. The van der Waals surface area contributed by atoms with E-state index in [-0.39, 0.29) is 11.7 Å². The van der Waals surface area contributed by atoms with E-state index in [4.69, 9.17) is 49.5 Å². The molecule has 7 N–H and O–H groups in total. The Morgan fingerprint density at radius 2 is 0.912 bits per heavy atom. The third-order valence-corrected chi connectivity index (χ3v) is 10.8. The van der Waals surface area contributed by atoms with Gasteiger partial charge in [-0.25, -0.2) is 28.4 Å². The number of alkyl halides is 15. The Labute approximate surface area is 444 Å². The molecule has 3 fully saturated rings. The lowest BCUT2D eigenvalue weighted by molar-refractivity contribution is -0.193. The van der Waals surface area contributed by atoms with Gasteiger partial charge in [-0.05, 0) is 85.4 Å². The molecule has 3 aromatic rings. The Kier molecular flexibility index (Phi) is 28.8. The van der Waals surface area contributed by atoms with Crippen molar-refractivity contribution in [3.8, 4) is 11.1 Å². The van der Waals surface area contributed by atoms with Crippen molar-refractivity contribution >= 4 is 35.8 Å². The summed E-state index contributed by atoms with van der Waals surface area (Å²) in [6, 6.07) is 21.7. The van der Waals surface area contributed by atoms with E-state index in [9.17, 15) is 70.7 Å². The SMILES string of the molecule is C[C@H]1CN(Cc2cccc(-c3cc(CNC(=O)c4cccc(CN5CCN(CCN6CCCC6)CC5)c4)ccc3F)c2)CCN1.O=C(O)C(F)(F)F.O=C(O)C(F)(F)F.O=C(O)C(F)(F)F.O=C(O)C(F)(F)F.O=C(O)C(F)(F)F. The Balaban J connectivity index is 0.000000736. The topological polar surface area (TPSA) is 241 Å². The first-order valence-electron chi connectivity index (χ1n) is 23.1. The highest BCUT2D eigenvalue weighted by Crippen LogP contribution is 2.26. The molecule has 1 amide bonds. The van der Waals surface area contributed by atoms with Crippen LogP contribution in [0.5, 0.6) is 0 Å². The molecule has 0 bridgehead atoms. The van der Waals surface area contributed by atoms with Crippen LogP contribution in [0.15, 0.2) is 66.7 Å². The first kappa shape index (κ1) is 71.2. The number of amides is 1. The van der Waals surface area contributed by atoms with Crippen LogP contribution in [0.1, 0.15) is 46.8 Å². The van der Waals surface area contributed by atoms with Crippen LogP contribution >= 0.6 is 0 Å². The molecule has 80 heavy (non-hydrogen) atoms. The summed E-state index contributed by atoms with van der Waals surface area (Å²) in [5.41, 5.74) is 5.30. The minimum absolute atomic E-state index is 0.110. The fourth-order valence-electron chi connectivity index (χ4n) is 6.97. The first-order valence-corrected chi connectivity index (χ1v) is 23.1. The van der Waals surface area contributed by atoms with E-state index in [1.54, 1.807) is 6.07 Å². The number of likely N-dealkylation sites (tertiary alicyclic amines) is 1. The summed E-state index contributed by atoms with van der Waals surface area (Å²) < 4.78 is 174. The normalized spacial score (nSPS) is 16.4. The van der Waals surface area contributed by atoms with Crippen LogP contribution in [0.4, 0.5) is 70.2 Å². The van der Waals surface area contributed by atoms with Crippen molar-refractivity contribution in [2.24, 2.45) is 0 Å². The maximum absolute atomic E-state index is 15.0. The van der Waals surface area contributed by atoms with Crippen molar-refractivity contribution in [3.63, 3.8) is 0 Å². The number of rotatable bonds is 11. The average Bonchev–Trinajstić information content (AvgIpc) is 3.87. The lowest BCUT2D eigenvalue weighted by atomic mass is 10.00. The quantitative estimate of drug-likeness (QED) is 0.0915. The molecular weight excluding hydrogens is 1130 g/mol. The zero-order valence-corrected chi connectivity index (χ0v) is 41.8. The standard InChI is InChI=1S/C37H49FN6O.5C2HF3O2/c1-29-26-44(15-12-39-29)28-31-6-4-8-33(22-31)35-24-30(10-11-36(35)38)25-40-37(45)34-9-5-7-32(23-34)27-43-20-18-42(19-21-43)17-16-41-13-2-3-14-41;5*3-2(4,5)1(6)7/h4-11,22-24,29,39H,2-3,12-21,25-28H2,1H3,(H,40,45);5*(H,6,7)/t29-;;;;;/m0...../s1. The van der Waals surface area contributed by atoms with Gasteiger partial charge in [-0.2, -0.15) is 65.9 Å². The summed E-state index contributed by atoms with van der Waals surface area (Å²) in [5, 5.41) is 42.2. The fourth-order valence-corrected chi connectivity index (χ4v) is 6.97. The van der Waals surface area contributed by atoms with Gasteiger partial charge in [-0.1, -0.05) is 36.4 Å². The summed E-state index contributed by atoms with van der Waals surface area (Å²) in [6.07, 6.45) is -22.7. The Morgan fingerprint density at radius 1 is 0.512 bits per heavy atom. The van der Waals surface area contributed by atoms with Gasteiger partial charge < -0.3 is 41.1 Å². The minimum Gasteiger partial charge on any atom is -0.475 e. The molecule has 0 saturated carbocycles.